The molecule has 1 aliphatic heterocycles. The molecule has 0 spiro atoms. The van der Waals surface area contributed by atoms with E-state index in [2.05, 4.69) is 12.2 Å². The molecule has 25 heavy (non-hydrogen) atoms. The zero-order chi connectivity index (χ0) is 17.6. The molecule has 1 saturated carbocycles. The Hall–Kier alpha value is -1.33. The highest BCUT2D eigenvalue weighted by Gasteiger charge is 2.42. The first kappa shape index (κ1) is 17.1. The van der Waals surface area contributed by atoms with Crippen LogP contribution in [0.15, 0.2) is 36.4 Å². The van der Waals surface area contributed by atoms with Gasteiger partial charge in [-0.15, -0.1) is 0 Å². The SMILES string of the molecule is O=C(C1CC2C=CC1C2)N1CCC(c2ccccc2Cl)S(=O)(=O)CC1. The first-order valence-electron chi connectivity index (χ1n) is 8.89. The maximum atomic E-state index is 12.9. The number of halogens is 1. The lowest BCUT2D eigenvalue weighted by atomic mass is 9.92. The van der Waals surface area contributed by atoms with Gasteiger partial charge < -0.3 is 4.90 Å². The van der Waals surface area contributed by atoms with Crippen LogP contribution >= 0.6 is 11.6 Å². The molecule has 1 amide bonds. The Morgan fingerprint density at radius 1 is 1.12 bits per heavy atom. The molecule has 6 heteroatoms. The first-order chi connectivity index (χ1) is 12.0. The highest BCUT2D eigenvalue weighted by atomic mass is 35.5. The van der Waals surface area contributed by atoms with E-state index >= 15 is 0 Å². The summed E-state index contributed by atoms with van der Waals surface area (Å²) in [7, 11) is -3.33. The summed E-state index contributed by atoms with van der Waals surface area (Å²) >= 11 is 6.23. The first-order valence-corrected chi connectivity index (χ1v) is 11.0. The van der Waals surface area contributed by atoms with E-state index in [0.717, 1.165) is 12.8 Å². The van der Waals surface area contributed by atoms with Crippen LogP contribution in [0.2, 0.25) is 5.02 Å². The Kier molecular flexibility index (Phi) is 4.40. The van der Waals surface area contributed by atoms with Crippen molar-refractivity contribution >= 4 is 27.3 Å². The average molecular weight is 380 g/mol. The minimum atomic E-state index is -3.33. The number of sulfone groups is 1. The quantitative estimate of drug-likeness (QED) is 0.741. The van der Waals surface area contributed by atoms with Gasteiger partial charge >= 0.3 is 0 Å². The Morgan fingerprint density at radius 2 is 1.92 bits per heavy atom. The number of carbonyl (C=O) groups excluding carboxylic acids is 1. The Morgan fingerprint density at radius 3 is 2.60 bits per heavy atom. The van der Waals surface area contributed by atoms with E-state index in [4.69, 9.17) is 11.6 Å². The van der Waals surface area contributed by atoms with Gasteiger partial charge in [0.2, 0.25) is 5.91 Å². The Labute approximate surface area is 153 Å². The highest BCUT2D eigenvalue weighted by molar-refractivity contribution is 7.91. The van der Waals surface area contributed by atoms with Crippen molar-refractivity contribution in [1.29, 1.82) is 0 Å². The van der Waals surface area contributed by atoms with Crippen molar-refractivity contribution in [3.8, 4) is 0 Å². The van der Waals surface area contributed by atoms with Gasteiger partial charge in [0, 0.05) is 24.0 Å². The van der Waals surface area contributed by atoms with Gasteiger partial charge in [-0.25, -0.2) is 8.42 Å². The molecule has 4 nitrogen and oxygen atoms in total. The molecule has 0 N–H and O–H groups in total. The van der Waals surface area contributed by atoms with Crippen molar-refractivity contribution in [3.05, 3.63) is 47.0 Å². The van der Waals surface area contributed by atoms with Gasteiger partial charge in [-0.1, -0.05) is 42.0 Å². The predicted molar refractivity (Wildman–Crippen MR) is 98.0 cm³/mol. The van der Waals surface area contributed by atoms with Crippen LogP contribution in [0, 0.1) is 17.8 Å². The van der Waals surface area contributed by atoms with Crippen LogP contribution in [0.1, 0.15) is 30.1 Å². The summed E-state index contributed by atoms with van der Waals surface area (Å²) in [6.45, 7) is 0.769. The minimum Gasteiger partial charge on any atom is -0.341 e. The third-order valence-corrected chi connectivity index (χ3v) is 8.35. The molecule has 3 aliphatic rings. The number of rotatable bonds is 2. The van der Waals surface area contributed by atoms with Crippen LogP contribution < -0.4 is 0 Å². The standard InChI is InChI=1S/C19H22ClNO3S/c20-17-4-2-1-3-15(17)18-7-8-21(9-10-25(18,23)24)19(22)16-12-13-5-6-14(16)11-13/h1-6,13-14,16,18H,7-12H2. The molecule has 4 atom stereocenters. The molecule has 2 aliphatic carbocycles. The summed E-state index contributed by atoms with van der Waals surface area (Å²) in [5, 5.41) is -0.145. The molecular weight excluding hydrogens is 358 g/mol. The molecule has 4 rings (SSSR count). The molecule has 0 radical (unpaired) electrons. The number of hydrogen-bond acceptors (Lipinski definition) is 3. The number of fused-ring (bicyclic) bond motifs is 2. The third-order valence-electron chi connectivity index (χ3n) is 5.90. The molecule has 2 fully saturated rings. The van der Waals surface area contributed by atoms with Crippen molar-refractivity contribution in [2.45, 2.75) is 24.5 Å². The largest absolute Gasteiger partial charge is 0.341 e. The number of hydrogen-bond donors (Lipinski definition) is 0. The lowest BCUT2D eigenvalue weighted by Crippen LogP contribution is -2.39. The molecule has 0 aromatic heterocycles. The van der Waals surface area contributed by atoms with E-state index in [1.54, 1.807) is 23.1 Å². The summed E-state index contributed by atoms with van der Waals surface area (Å²) in [4.78, 5) is 14.7. The predicted octanol–water partition coefficient (Wildman–Crippen LogP) is 3.24. The van der Waals surface area contributed by atoms with Gasteiger partial charge in [0.1, 0.15) is 0 Å². The van der Waals surface area contributed by atoms with Gasteiger partial charge in [-0.05, 0) is 42.7 Å². The second-order valence-electron chi connectivity index (χ2n) is 7.38. The third kappa shape index (κ3) is 3.13. The lowest BCUT2D eigenvalue weighted by Gasteiger charge is -2.26. The summed E-state index contributed by atoms with van der Waals surface area (Å²) in [5.74, 6) is 1.05. The highest BCUT2D eigenvalue weighted by Crippen LogP contribution is 2.44. The normalized spacial score (nSPS) is 33.4. The molecule has 1 saturated heterocycles. The summed E-state index contributed by atoms with van der Waals surface area (Å²) in [5.41, 5.74) is 0.654. The van der Waals surface area contributed by atoms with Crippen molar-refractivity contribution in [3.63, 3.8) is 0 Å². The second-order valence-corrected chi connectivity index (χ2v) is 10.1. The fraction of sp³-hybridized carbons (Fsp3) is 0.526. The maximum Gasteiger partial charge on any atom is 0.226 e. The number of allylic oxidation sites excluding steroid dienone is 2. The lowest BCUT2D eigenvalue weighted by molar-refractivity contribution is -0.136. The van der Waals surface area contributed by atoms with E-state index in [-0.39, 0.29) is 17.6 Å². The van der Waals surface area contributed by atoms with Gasteiger partial charge in [0.25, 0.3) is 0 Å². The van der Waals surface area contributed by atoms with Crippen molar-refractivity contribution in [2.75, 3.05) is 18.8 Å². The van der Waals surface area contributed by atoms with Crippen LogP contribution in [-0.4, -0.2) is 38.1 Å². The van der Waals surface area contributed by atoms with E-state index in [1.807, 2.05) is 6.07 Å². The number of benzene rings is 1. The molecule has 1 aromatic rings. The van der Waals surface area contributed by atoms with E-state index in [0.29, 0.717) is 41.9 Å². The van der Waals surface area contributed by atoms with Crippen LogP contribution in [0.3, 0.4) is 0 Å². The smallest absolute Gasteiger partial charge is 0.226 e. The van der Waals surface area contributed by atoms with Crippen LogP contribution in [-0.2, 0) is 14.6 Å². The van der Waals surface area contributed by atoms with Crippen molar-refractivity contribution in [1.82, 2.24) is 4.90 Å². The zero-order valence-corrected chi connectivity index (χ0v) is 15.5. The molecule has 134 valence electrons. The minimum absolute atomic E-state index is 0.00524. The Bertz CT molecular complexity index is 820. The van der Waals surface area contributed by atoms with Gasteiger partial charge in [0.15, 0.2) is 9.84 Å². The van der Waals surface area contributed by atoms with Crippen molar-refractivity contribution < 1.29 is 13.2 Å². The zero-order valence-electron chi connectivity index (χ0n) is 14.0. The summed E-state index contributed by atoms with van der Waals surface area (Å²) in [6.07, 6.45) is 6.78. The fourth-order valence-electron chi connectivity index (χ4n) is 4.55. The van der Waals surface area contributed by atoms with Crippen LogP contribution in [0.4, 0.5) is 0 Å². The maximum absolute atomic E-state index is 12.9. The van der Waals surface area contributed by atoms with Gasteiger partial charge in [0.05, 0.1) is 11.0 Å². The van der Waals surface area contributed by atoms with Crippen LogP contribution in [0.25, 0.3) is 0 Å². The number of nitrogens with zero attached hydrogens (tertiary/aromatic N) is 1. The number of amides is 1. The summed E-state index contributed by atoms with van der Waals surface area (Å²) in [6, 6.07) is 7.12. The van der Waals surface area contributed by atoms with Gasteiger partial charge in [-0.3, -0.25) is 4.79 Å². The number of carbonyl (C=O) groups is 1. The molecule has 1 aromatic carbocycles. The van der Waals surface area contributed by atoms with E-state index in [1.165, 1.54) is 0 Å². The molecule has 2 bridgehead atoms. The second kappa shape index (κ2) is 6.44. The van der Waals surface area contributed by atoms with Crippen LogP contribution in [0.5, 0.6) is 0 Å². The van der Waals surface area contributed by atoms with Gasteiger partial charge in [-0.2, -0.15) is 0 Å². The van der Waals surface area contributed by atoms with E-state index < -0.39 is 15.1 Å². The monoisotopic (exact) mass is 379 g/mol. The average Bonchev–Trinajstić information content (AvgIpc) is 3.17. The topological polar surface area (TPSA) is 54.5 Å². The van der Waals surface area contributed by atoms with E-state index in [9.17, 15) is 13.2 Å². The summed E-state index contributed by atoms with van der Waals surface area (Å²) < 4.78 is 25.5. The van der Waals surface area contributed by atoms with Crippen molar-refractivity contribution in [2.24, 2.45) is 17.8 Å². The fourth-order valence-corrected chi connectivity index (χ4v) is 6.70. The Balaban J connectivity index is 1.53. The molecule has 1 heterocycles. The molecular formula is C19H22ClNO3S. The molecule has 4 unspecified atom stereocenters.